The Labute approximate surface area is 144 Å². The summed E-state index contributed by atoms with van der Waals surface area (Å²) in [6, 6.07) is 0. The Morgan fingerprint density at radius 3 is 1.77 bits per heavy atom. The van der Waals surface area contributed by atoms with Crippen molar-refractivity contribution in [3.05, 3.63) is 0 Å². The minimum absolute atomic E-state index is 0.0175. The smallest absolute Gasteiger partial charge is 0.0658 e. The summed E-state index contributed by atoms with van der Waals surface area (Å²) in [6.45, 7) is 2.29. The zero-order valence-corrected chi connectivity index (χ0v) is 15.8. The minimum atomic E-state index is -0.0175. The van der Waals surface area contributed by atoms with Crippen LogP contribution >= 0.6 is 11.8 Å². The monoisotopic (exact) mass is 328 g/mol. The van der Waals surface area contributed by atoms with E-state index in [0.717, 1.165) is 6.42 Å². The first-order chi connectivity index (χ1) is 10.8. The molecule has 0 heterocycles. The Bertz CT molecular complexity index is 232. The van der Waals surface area contributed by atoms with E-state index in [1.54, 1.807) is 0 Å². The fourth-order valence-electron chi connectivity index (χ4n) is 3.45. The van der Waals surface area contributed by atoms with E-state index in [2.05, 4.69) is 6.92 Å². The number of aliphatic hydroxyl groups excluding tert-OH is 1. The van der Waals surface area contributed by atoms with Gasteiger partial charge in [-0.3, -0.25) is 0 Å². The van der Waals surface area contributed by atoms with Crippen molar-refractivity contribution >= 4 is 11.8 Å². The molecule has 0 radical (unpaired) electrons. The number of unbranched alkanes of at least 4 members (excludes halogenated alkanes) is 11. The number of thioether (sulfide) groups is 1. The molecule has 0 spiro atoms. The topological polar surface area (TPSA) is 20.2 Å². The van der Waals surface area contributed by atoms with Crippen LogP contribution in [0.2, 0.25) is 0 Å². The molecule has 0 aromatic heterocycles. The third-order valence-corrected chi connectivity index (χ3v) is 6.50. The van der Waals surface area contributed by atoms with E-state index in [1.165, 1.54) is 102 Å². The summed E-state index contributed by atoms with van der Waals surface area (Å²) in [6.07, 6.45) is 21.9. The molecule has 1 aliphatic rings. The average molecular weight is 329 g/mol. The van der Waals surface area contributed by atoms with Crippen LogP contribution in [0.4, 0.5) is 0 Å². The number of hydrogen-bond acceptors (Lipinski definition) is 2. The number of rotatable bonds is 14. The van der Waals surface area contributed by atoms with Gasteiger partial charge in [-0.25, -0.2) is 0 Å². The average Bonchev–Trinajstić information content (AvgIpc) is 2.53. The van der Waals surface area contributed by atoms with Crippen molar-refractivity contribution < 1.29 is 5.11 Å². The van der Waals surface area contributed by atoms with E-state index in [9.17, 15) is 5.11 Å². The molecule has 22 heavy (non-hydrogen) atoms. The summed E-state index contributed by atoms with van der Waals surface area (Å²) in [4.78, 5) is 0. The standard InChI is InChI=1S/C20H40OS/c1-2-3-4-5-6-7-8-9-10-11-12-15-18-22-20-17-14-13-16-19(20)21/h19-21H,2-18H2,1H3/t19-,20-/m0/s1. The molecule has 1 fully saturated rings. The van der Waals surface area contributed by atoms with Crippen LogP contribution in [0.5, 0.6) is 0 Å². The van der Waals surface area contributed by atoms with E-state index >= 15 is 0 Å². The van der Waals surface area contributed by atoms with Crippen molar-refractivity contribution in [2.24, 2.45) is 0 Å². The highest BCUT2D eigenvalue weighted by molar-refractivity contribution is 7.99. The summed E-state index contributed by atoms with van der Waals surface area (Å²) >= 11 is 2.04. The highest BCUT2D eigenvalue weighted by Gasteiger charge is 2.22. The van der Waals surface area contributed by atoms with Gasteiger partial charge >= 0.3 is 0 Å². The molecular weight excluding hydrogens is 288 g/mol. The Balaban J connectivity index is 1.74. The molecule has 0 aromatic carbocycles. The lowest BCUT2D eigenvalue weighted by Gasteiger charge is -2.26. The van der Waals surface area contributed by atoms with Gasteiger partial charge in [-0.15, -0.1) is 0 Å². The van der Waals surface area contributed by atoms with Crippen molar-refractivity contribution in [1.29, 1.82) is 0 Å². The van der Waals surface area contributed by atoms with Gasteiger partial charge < -0.3 is 5.11 Å². The third-order valence-electron chi connectivity index (χ3n) is 5.00. The molecule has 1 rings (SSSR count). The van der Waals surface area contributed by atoms with Crippen molar-refractivity contribution in [1.82, 2.24) is 0 Å². The van der Waals surface area contributed by atoms with Crippen molar-refractivity contribution in [3.63, 3.8) is 0 Å². The quantitative estimate of drug-likeness (QED) is 0.357. The Morgan fingerprint density at radius 2 is 1.23 bits per heavy atom. The lowest BCUT2D eigenvalue weighted by molar-refractivity contribution is 0.137. The van der Waals surface area contributed by atoms with Gasteiger partial charge in [0.05, 0.1) is 6.10 Å². The third kappa shape index (κ3) is 10.9. The minimum Gasteiger partial charge on any atom is -0.392 e. The second kappa shape index (κ2) is 14.9. The maximum absolute atomic E-state index is 9.94. The van der Waals surface area contributed by atoms with Crippen molar-refractivity contribution in [2.45, 2.75) is 121 Å². The molecule has 1 aliphatic carbocycles. The highest BCUT2D eigenvalue weighted by Crippen LogP contribution is 2.29. The predicted molar refractivity (Wildman–Crippen MR) is 102 cm³/mol. The van der Waals surface area contributed by atoms with Crippen LogP contribution < -0.4 is 0 Å². The SMILES string of the molecule is CCCCCCCCCCCCCCS[C@H]1CCCC[C@@H]1O. The molecule has 0 aromatic rings. The summed E-state index contributed by atoms with van der Waals surface area (Å²) < 4.78 is 0. The molecule has 0 unspecified atom stereocenters. The molecule has 0 saturated heterocycles. The zero-order chi connectivity index (χ0) is 15.9. The molecule has 2 atom stereocenters. The Morgan fingerprint density at radius 1 is 0.727 bits per heavy atom. The summed E-state index contributed by atoms with van der Waals surface area (Å²) in [7, 11) is 0. The van der Waals surface area contributed by atoms with Crippen molar-refractivity contribution in [3.8, 4) is 0 Å². The fourth-order valence-corrected chi connectivity index (χ4v) is 4.81. The van der Waals surface area contributed by atoms with Crippen LogP contribution in [-0.4, -0.2) is 22.2 Å². The van der Waals surface area contributed by atoms with E-state index in [1.807, 2.05) is 11.8 Å². The Hall–Kier alpha value is 0.310. The van der Waals surface area contributed by atoms with Gasteiger partial charge in [-0.05, 0) is 25.0 Å². The predicted octanol–water partition coefficient (Wildman–Crippen LogP) is 6.72. The molecular formula is C20H40OS. The maximum atomic E-state index is 9.94. The van der Waals surface area contributed by atoms with E-state index in [4.69, 9.17) is 0 Å². The lowest BCUT2D eigenvalue weighted by Crippen LogP contribution is -2.27. The zero-order valence-electron chi connectivity index (χ0n) is 15.0. The van der Waals surface area contributed by atoms with Crippen LogP contribution in [0.25, 0.3) is 0 Å². The first-order valence-electron chi connectivity index (χ1n) is 10.1. The molecule has 132 valence electrons. The van der Waals surface area contributed by atoms with Crippen LogP contribution in [0.15, 0.2) is 0 Å². The summed E-state index contributed by atoms with van der Waals surface area (Å²) in [5, 5.41) is 10.5. The van der Waals surface area contributed by atoms with Crippen LogP contribution in [0.1, 0.15) is 110 Å². The first-order valence-corrected chi connectivity index (χ1v) is 11.2. The lowest BCUT2D eigenvalue weighted by atomic mass is 9.97. The molecule has 1 saturated carbocycles. The maximum Gasteiger partial charge on any atom is 0.0658 e. The second-order valence-corrected chi connectivity index (χ2v) is 8.50. The molecule has 2 heteroatoms. The van der Waals surface area contributed by atoms with Crippen molar-refractivity contribution in [2.75, 3.05) is 5.75 Å². The summed E-state index contributed by atoms with van der Waals surface area (Å²) in [5.74, 6) is 1.26. The van der Waals surface area contributed by atoms with Gasteiger partial charge in [0.1, 0.15) is 0 Å². The second-order valence-electron chi connectivity index (χ2n) is 7.15. The van der Waals surface area contributed by atoms with Gasteiger partial charge in [-0.1, -0.05) is 90.4 Å². The van der Waals surface area contributed by atoms with Gasteiger partial charge in [0, 0.05) is 5.25 Å². The molecule has 0 aliphatic heterocycles. The van der Waals surface area contributed by atoms with Gasteiger partial charge in [-0.2, -0.15) is 11.8 Å². The van der Waals surface area contributed by atoms with E-state index < -0.39 is 0 Å². The summed E-state index contributed by atoms with van der Waals surface area (Å²) in [5.41, 5.74) is 0. The largest absolute Gasteiger partial charge is 0.392 e. The molecule has 1 N–H and O–H groups in total. The first kappa shape index (κ1) is 20.4. The number of aliphatic hydroxyl groups is 1. The van der Waals surface area contributed by atoms with E-state index in [-0.39, 0.29) is 6.10 Å². The molecule has 1 nitrogen and oxygen atoms in total. The van der Waals surface area contributed by atoms with E-state index in [0.29, 0.717) is 5.25 Å². The van der Waals surface area contributed by atoms with Crippen LogP contribution in [-0.2, 0) is 0 Å². The highest BCUT2D eigenvalue weighted by atomic mass is 32.2. The Kier molecular flexibility index (Phi) is 13.8. The number of hydrogen-bond donors (Lipinski definition) is 1. The molecule has 0 bridgehead atoms. The van der Waals surface area contributed by atoms with Gasteiger partial charge in [0.2, 0.25) is 0 Å². The van der Waals surface area contributed by atoms with Gasteiger partial charge in [0.25, 0.3) is 0 Å². The molecule has 0 amide bonds. The fraction of sp³-hybridized carbons (Fsp3) is 1.00. The van der Waals surface area contributed by atoms with Crippen LogP contribution in [0.3, 0.4) is 0 Å². The normalized spacial score (nSPS) is 22.1. The van der Waals surface area contributed by atoms with Gasteiger partial charge in [0.15, 0.2) is 0 Å². The van der Waals surface area contributed by atoms with Crippen LogP contribution in [0, 0.1) is 0 Å².